The van der Waals surface area contributed by atoms with Crippen LogP contribution in [0.3, 0.4) is 0 Å². The highest BCUT2D eigenvalue weighted by Gasteiger charge is 2.32. The fourth-order valence-corrected chi connectivity index (χ4v) is 3.47. The maximum Gasteiger partial charge on any atom is 0.417 e. The summed E-state index contributed by atoms with van der Waals surface area (Å²) in [6.07, 6.45) is -3.66. The van der Waals surface area contributed by atoms with Crippen molar-refractivity contribution in [2.24, 2.45) is 0 Å². The minimum Gasteiger partial charge on any atom is -0.293 e. The average Bonchev–Trinajstić information content (AvgIpc) is 2.97. The van der Waals surface area contributed by atoms with Gasteiger partial charge in [-0.2, -0.15) is 13.2 Å². The number of fused-ring (bicyclic) bond motifs is 1. The topological polar surface area (TPSA) is 47.3 Å². The number of thioether (sulfide) groups is 1. The predicted molar refractivity (Wildman–Crippen MR) is 94.0 cm³/mol. The van der Waals surface area contributed by atoms with E-state index in [1.54, 1.807) is 6.07 Å². The number of benzene rings is 1. The van der Waals surface area contributed by atoms with Gasteiger partial charge in [-0.15, -0.1) is 10.2 Å². The van der Waals surface area contributed by atoms with E-state index in [0.717, 1.165) is 39.6 Å². The van der Waals surface area contributed by atoms with Crippen molar-refractivity contribution in [2.45, 2.75) is 25.2 Å². The highest BCUT2D eigenvalue weighted by Crippen LogP contribution is 2.33. The quantitative estimate of drug-likeness (QED) is 0.458. The standard InChI is InChI=1S/C17H13ClF3N3OS/c1-9-3-4-10(2)12(5-9)14(25)8-26-16-23-22-15-13(18)6-11(7-24(15)16)17(19,20)21/h3-7H,8H2,1-2H3. The highest BCUT2D eigenvalue weighted by atomic mass is 35.5. The number of hydrogen-bond donors (Lipinski definition) is 0. The Morgan fingerprint density at radius 2 is 1.96 bits per heavy atom. The number of Topliss-reactive ketones (excluding diaryl/α,β-unsaturated/α-hetero) is 1. The zero-order valence-corrected chi connectivity index (χ0v) is 15.3. The van der Waals surface area contributed by atoms with Crippen molar-refractivity contribution in [1.29, 1.82) is 0 Å². The van der Waals surface area contributed by atoms with Gasteiger partial charge in [0.15, 0.2) is 16.6 Å². The third-order valence-electron chi connectivity index (χ3n) is 3.78. The smallest absolute Gasteiger partial charge is 0.293 e. The van der Waals surface area contributed by atoms with Crippen LogP contribution >= 0.6 is 23.4 Å². The van der Waals surface area contributed by atoms with Crippen LogP contribution in [0, 0.1) is 13.8 Å². The van der Waals surface area contributed by atoms with Crippen LogP contribution in [-0.2, 0) is 6.18 Å². The minimum absolute atomic E-state index is 0.0267. The van der Waals surface area contributed by atoms with Crippen molar-refractivity contribution in [2.75, 3.05) is 5.75 Å². The molecule has 0 aliphatic heterocycles. The second-order valence-corrected chi connectivity index (χ2v) is 7.13. The Bertz CT molecular complexity index is 1000. The van der Waals surface area contributed by atoms with Gasteiger partial charge in [0.2, 0.25) is 0 Å². The molecule has 0 fully saturated rings. The van der Waals surface area contributed by atoms with Gasteiger partial charge in [-0.3, -0.25) is 9.20 Å². The van der Waals surface area contributed by atoms with Crippen LogP contribution in [0.4, 0.5) is 13.2 Å². The SMILES string of the molecule is Cc1ccc(C)c(C(=O)CSc2nnc3c(Cl)cc(C(F)(F)F)cn23)c1. The number of pyridine rings is 1. The number of halogens is 4. The van der Waals surface area contributed by atoms with Gasteiger partial charge in [-0.1, -0.05) is 41.1 Å². The summed E-state index contributed by atoms with van der Waals surface area (Å²) in [6.45, 7) is 3.72. The summed E-state index contributed by atoms with van der Waals surface area (Å²) >= 11 is 6.89. The molecule has 3 aromatic rings. The number of aryl methyl sites for hydroxylation is 2. The second kappa shape index (κ2) is 6.92. The maximum atomic E-state index is 13.0. The zero-order valence-electron chi connectivity index (χ0n) is 13.8. The number of alkyl halides is 3. The minimum atomic E-state index is -4.54. The molecule has 9 heteroatoms. The van der Waals surface area contributed by atoms with E-state index in [9.17, 15) is 18.0 Å². The van der Waals surface area contributed by atoms with Gasteiger partial charge in [-0.25, -0.2) is 0 Å². The van der Waals surface area contributed by atoms with E-state index in [1.165, 1.54) is 0 Å². The number of hydrogen-bond acceptors (Lipinski definition) is 4. The van der Waals surface area contributed by atoms with Crippen molar-refractivity contribution in [3.63, 3.8) is 0 Å². The third-order valence-corrected chi connectivity index (χ3v) is 5.00. The van der Waals surface area contributed by atoms with Gasteiger partial charge >= 0.3 is 6.18 Å². The third kappa shape index (κ3) is 3.71. The Hall–Kier alpha value is -2.06. The maximum absolute atomic E-state index is 13.0. The number of carbonyl (C=O) groups excluding carboxylic acids is 1. The fraction of sp³-hybridized carbons (Fsp3) is 0.235. The summed E-state index contributed by atoms with van der Waals surface area (Å²) < 4.78 is 40.1. The van der Waals surface area contributed by atoms with Crippen molar-refractivity contribution >= 4 is 34.8 Å². The summed E-state index contributed by atoms with van der Waals surface area (Å²) in [5, 5.41) is 7.68. The van der Waals surface area contributed by atoms with E-state index in [1.807, 2.05) is 26.0 Å². The molecule has 1 aromatic carbocycles. The van der Waals surface area contributed by atoms with Crippen LogP contribution in [0.2, 0.25) is 5.02 Å². The first-order valence-corrected chi connectivity index (χ1v) is 8.88. The molecule has 0 radical (unpaired) electrons. The lowest BCUT2D eigenvalue weighted by Gasteiger charge is -2.09. The van der Waals surface area contributed by atoms with Gasteiger partial charge in [0.05, 0.1) is 16.3 Å². The lowest BCUT2D eigenvalue weighted by atomic mass is 10.0. The van der Waals surface area contributed by atoms with Crippen molar-refractivity contribution in [3.05, 3.63) is 57.7 Å². The van der Waals surface area contributed by atoms with Crippen LogP contribution in [0.15, 0.2) is 35.6 Å². The van der Waals surface area contributed by atoms with E-state index in [-0.39, 0.29) is 27.4 Å². The zero-order chi connectivity index (χ0) is 19.1. The Morgan fingerprint density at radius 3 is 2.65 bits per heavy atom. The summed E-state index contributed by atoms with van der Waals surface area (Å²) in [7, 11) is 0. The van der Waals surface area contributed by atoms with Gasteiger partial charge in [0.25, 0.3) is 0 Å². The van der Waals surface area contributed by atoms with Crippen LogP contribution in [0.1, 0.15) is 27.0 Å². The summed E-state index contributed by atoms with van der Waals surface area (Å²) in [5.74, 6) is -0.107. The van der Waals surface area contributed by atoms with Crippen molar-refractivity contribution in [1.82, 2.24) is 14.6 Å². The molecule has 0 amide bonds. The van der Waals surface area contributed by atoms with E-state index in [4.69, 9.17) is 11.6 Å². The second-order valence-electron chi connectivity index (χ2n) is 5.78. The van der Waals surface area contributed by atoms with Gasteiger partial charge < -0.3 is 0 Å². The summed E-state index contributed by atoms with van der Waals surface area (Å²) in [5.41, 5.74) is 1.59. The molecule has 2 aromatic heterocycles. The first-order valence-electron chi connectivity index (χ1n) is 7.51. The van der Waals surface area contributed by atoms with Gasteiger partial charge in [-0.05, 0) is 31.5 Å². The Balaban J connectivity index is 1.88. The van der Waals surface area contributed by atoms with Crippen LogP contribution in [0.25, 0.3) is 5.65 Å². The lowest BCUT2D eigenvalue weighted by Crippen LogP contribution is -2.08. The first kappa shape index (κ1) is 18.7. The largest absolute Gasteiger partial charge is 0.417 e. The molecule has 2 heterocycles. The number of carbonyl (C=O) groups is 1. The molecule has 26 heavy (non-hydrogen) atoms. The Morgan fingerprint density at radius 1 is 1.23 bits per heavy atom. The van der Waals surface area contributed by atoms with E-state index >= 15 is 0 Å². The molecular formula is C17H13ClF3N3OS. The summed E-state index contributed by atoms with van der Waals surface area (Å²) in [4.78, 5) is 12.5. The molecular weight excluding hydrogens is 387 g/mol. The molecule has 136 valence electrons. The number of nitrogens with zero attached hydrogens (tertiary/aromatic N) is 3. The number of rotatable bonds is 4. The molecule has 0 bridgehead atoms. The normalized spacial score (nSPS) is 11.9. The molecule has 3 rings (SSSR count). The van der Waals surface area contributed by atoms with E-state index < -0.39 is 11.7 Å². The molecule has 0 aliphatic rings. The molecule has 0 unspecified atom stereocenters. The molecule has 4 nitrogen and oxygen atoms in total. The molecule has 0 N–H and O–H groups in total. The molecule has 0 spiro atoms. The first-order chi connectivity index (χ1) is 12.2. The monoisotopic (exact) mass is 399 g/mol. The van der Waals surface area contributed by atoms with Crippen LogP contribution < -0.4 is 0 Å². The van der Waals surface area contributed by atoms with Crippen molar-refractivity contribution < 1.29 is 18.0 Å². The number of ketones is 1. The molecule has 0 atom stereocenters. The van der Waals surface area contributed by atoms with Crippen LogP contribution in [0.5, 0.6) is 0 Å². The summed E-state index contributed by atoms with van der Waals surface area (Å²) in [6, 6.07) is 6.36. The van der Waals surface area contributed by atoms with E-state index in [2.05, 4.69) is 10.2 Å². The predicted octanol–water partition coefficient (Wildman–Crippen LogP) is 4.99. The van der Waals surface area contributed by atoms with Crippen LogP contribution in [-0.4, -0.2) is 26.1 Å². The fourth-order valence-electron chi connectivity index (χ4n) is 2.43. The molecule has 0 saturated heterocycles. The lowest BCUT2D eigenvalue weighted by molar-refractivity contribution is -0.137. The Kier molecular flexibility index (Phi) is 4.98. The average molecular weight is 400 g/mol. The van der Waals surface area contributed by atoms with Gasteiger partial charge in [0, 0.05) is 11.8 Å². The van der Waals surface area contributed by atoms with Crippen molar-refractivity contribution in [3.8, 4) is 0 Å². The van der Waals surface area contributed by atoms with Gasteiger partial charge in [0.1, 0.15) is 0 Å². The Labute approximate surface area is 156 Å². The molecule has 0 aliphatic carbocycles. The highest BCUT2D eigenvalue weighted by molar-refractivity contribution is 7.99. The van der Waals surface area contributed by atoms with E-state index in [0.29, 0.717) is 5.56 Å². The number of aromatic nitrogens is 3. The molecule has 0 saturated carbocycles.